The standard InChI is InChI=1S/C18H17BrClFN2O/c19-14-4-1-3-13(11-14)18(24)23-9-7-22(8-10-23)12-15-16(20)5-2-6-17(15)21/h1-6,11H,7-10,12H2. The van der Waals surface area contributed by atoms with Gasteiger partial charge in [-0.25, -0.2) is 4.39 Å². The van der Waals surface area contributed by atoms with Crippen LogP contribution in [0.15, 0.2) is 46.9 Å². The van der Waals surface area contributed by atoms with E-state index in [-0.39, 0.29) is 11.7 Å². The molecule has 0 spiro atoms. The Labute approximate surface area is 154 Å². The third kappa shape index (κ3) is 3.97. The van der Waals surface area contributed by atoms with Crippen LogP contribution in [0.3, 0.4) is 0 Å². The number of piperazine rings is 1. The second-order valence-electron chi connectivity index (χ2n) is 5.78. The van der Waals surface area contributed by atoms with E-state index in [2.05, 4.69) is 20.8 Å². The van der Waals surface area contributed by atoms with Crippen LogP contribution in [0.5, 0.6) is 0 Å². The maximum absolute atomic E-state index is 13.9. The lowest BCUT2D eigenvalue weighted by molar-refractivity contribution is 0.0627. The molecule has 0 aliphatic carbocycles. The molecule has 0 N–H and O–H groups in total. The van der Waals surface area contributed by atoms with E-state index in [4.69, 9.17) is 11.6 Å². The molecule has 0 aromatic heterocycles. The average molecular weight is 412 g/mol. The van der Waals surface area contributed by atoms with Gasteiger partial charge in [-0.3, -0.25) is 9.69 Å². The Kier molecular flexibility index (Phi) is 5.54. The van der Waals surface area contributed by atoms with Crippen molar-refractivity contribution in [1.29, 1.82) is 0 Å². The molecule has 0 bridgehead atoms. The van der Waals surface area contributed by atoms with Gasteiger partial charge in [0.15, 0.2) is 0 Å². The third-order valence-electron chi connectivity index (χ3n) is 4.17. The molecule has 3 rings (SSSR count). The molecule has 3 nitrogen and oxygen atoms in total. The molecule has 1 amide bonds. The Morgan fingerprint density at radius 2 is 1.83 bits per heavy atom. The van der Waals surface area contributed by atoms with Crippen LogP contribution in [0.25, 0.3) is 0 Å². The third-order valence-corrected chi connectivity index (χ3v) is 5.02. The first kappa shape index (κ1) is 17.4. The van der Waals surface area contributed by atoms with Crippen molar-refractivity contribution in [3.63, 3.8) is 0 Å². The summed E-state index contributed by atoms with van der Waals surface area (Å²) < 4.78 is 14.8. The molecule has 1 saturated heterocycles. The fourth-order valence-electron chi connectivity index (χ4n) is 2.82. The number of carbonyl (C=O) groups excluding carboxylic acids is 1. The Bertz CT molecular complexity index is 727. The molecule has 2 aromatic rings. The fraction of sp³-hybridized carbons (Fsp3) is 0.278. The second-order valence-corrected chi connectivity index (χ2v) is 7.10. The number of rotatable bonds is 3. The maximum atomic E-state index is 13.9. The minimum Gasteiger partial charge on any atom is -0.336 e. The Morgan fingerprint density at radius 3 is 2.50 bits per heavy atom. The van der Waals surface area contributed by atoms with Crippen molar-refractivity contribution in [2.45, 2.75) is 6.54 Å². The van der Waals surface area contributed by atoms with Gasteiger partial charge >= 0.3 is 0 Å². The van der Waals surface area contributed by atoms with E-state index in [1.54, 1.807) is 12.1 Å². The fourth-order valence-corrected chi connectivity index (χ4v) is 3.44. The Hall–Kier alpha value is -1.43. The molecule has 1 fully saturated rings. The molecule has 126 valence electrons. The smallest absolute Gasteiger partial charge is 0.253 e. The van der Waals surface area contributed by atoms with E-state index in [0.29, 0.717) is 48.9 Å². The lowest BCUT2D eigenvalue weighted by atomic mass is 10.1. The van der Waals surface area contributed by atoms with Crippen molar-refractivity contribution in [2.24, 2.45) is 0 Å². The summed E-state index contributed by atoms with van der Waals surface area (Å²) in [6.07, 6.45) is 0. The van der Waals surface area contributed by atoms with Gasteiger partial charge in [0, 0.05) is 53.3 Å². The summed E-state index contributed by atoms with van der Waals surface area (Å²) in [4.78, 5) is 16.5. The highest BCUT2D eigenvalue weighted by molar-refractivity contribution is 9.10. The van der Waals surface area contributed by atoms with Crippen LogP contribution in [-0.2, 0) is 6.54 Å². The van der Waals surface area contributed by atoms with Crippen LogP contribution in [-0.4, -0.2) is 41.9 Å². The minimum absolute atomic E-state index is 0.0277. The van der Waals surface area contributed by atoms with E-state index >= 15 is 0 Å². The number of carbonyl (C=O) groups is 1. The number of benzene rings is 2. The second kappa shape index (κ2) is 7.64. The zero-order chi connectivity index (χ0) is 17.1. The monoisotopic (exact) mass is 410 g/mol. The number of nitrogens with zero attached hydrogens (tertiary/aromatic N) is 2. The van der Waals surface area contributed by atoms with Gasteiger partial charge in [0.1, 0.15) is 5.82 Å². The lowest BCUT2D eigenvalue weighted by Gasteiger charge is -2.35. The SMILES string of the molecule is O=C(c1cccc(Br)c1)N1CCN(Cc2c(F)cccc2Cl)CC1. The van der Waals surface area contributed by atoms with Gasteiger partial charge in [0.05, 0.1) is 0 Å². The van der Waals surface area contributed by atoms with Gasteiger partial charge in [-0.1, -0.05) is 39.7 Å². The van der Waals surface area contributed by atoms with Crippen molar-refractivity contribution in [3.05, 3.63) is 68.9 Å². The van der Waals surface area contributed by atoms with Crippen molar-refractivity contribution in [1.82, 2.24) is 9.80 Å². The van der Waals surface area contributed by atoms with E-state index in [1.165, 1.54) is 6.07 Å². The average Bonchev–Trinajstić information content (AvgIpc) is 2.58. The molecule has 0 atom stereocenters. The van der Waals surface area contributed by atoms with Crippen molar-refractivity contribution >= 4 is 33.4 Å². The van der Waals surface area contributed by atoms with Gasteiger partial charge in [0.25, 0.3) is 5.91 Å². The highest BCUT2D eigenvalue weighted by Crippen LogP contribution is 2.22. The first-order chi connectivity index (χ1) is 11.5. The van der Waals surface area contributed by atoms with Crippen LogP contribution in [0, 0.1) is 5.82 Å². The topological polar surface area (TPSA) is 23.6 Å². The molecular formula is C18H17BrClFN2O. The Morgan fingerprint density at radius 1 is 1.12 bits per heavy atom. The summed E-state index contributed by atoms with van der Waals surface area (Å²) in [7, 11) is 0. The van der Waals surface area contributed by atoms with Crippen LogP contribution in [0.4, 0.5) is 4.39 Å². The predicted molar refractivity (Wildman–Crippen MR) is 96.7 cm³/mol. The molecule has 1 aliphatic heterocycles. The summed E-state index contributed by atoms with van der Waals surface area (Å²) in [5, 5.41) is 0.447. The lowest BCUT2D eigenvalue weighted by Crippen LogP contribution is -2.48. The largest absolute Gasteiger partial charge is 0.336 e. The van der Waals surface area contributed by atoms with Gasteiger partial charge in [-0.2, -0.15) is 0 Å². The van der Waals surface area contributed by atoms with E-state index in [1.807, 2.05) is 29.2 Å². The highest BCUT2D eigenvalue weighted by atomic mass is 79.9. The van der Waals surface area contributed by atoms with Crippen molar-refractivity contribution in [2.75, 3.05) is 26.2 Å². The summed E-state index contributed by atoms with van der Waals surface area (Å²) in [5.74, 6) is -0.255. The molecule has 1 heterocycles. The molecular weight excluding hydrogens is 395 g/mol. The quantitative estimate of drug-likeness (QED) is 0.756. The zero-order valence-electron chi connectivity index (χ0n) is 13.0. The van der Waals surface area contributed by atoms with Gasteiger partial charge in [-0.05, 0) is 30.3 Å². The molecule has 0 radical (unpaired) electrons. The Balaban J connectivity index is 1.61. The summed E-state index contributed by atoms with van der Waals surface area (Å²) >= 11 is 9.47. The molecule has 2 aromatic carbocycles. The van der Waals surface area contributed by atoms with E-state index < -0.39 is 0 Å². The number of hydrogen-bond donors (Lipinski definition) is 0. The summed E-state index contributed by atoms with van der Waals surface area (Å²) in [6, 6.07) is 12.1. The van der Waals surface area contributed by atoms with Gasteiger partial charge in [0.2, 0.25) is 0 Å². The van der Waals surface area contributed by atoms with Crippen molar-refractivity contribution in [3.8, 4) is 0 Å². The van der Waals surface area contributed by atoms with Crippen LogP contribution in [0.2, 0.25) is 5.02 Å². The summed E-state index contributed by atoms with van der Waals surface area (Å²) in [6.45, 7) is 3.11. The van der Waals surface area contributed by atoms with Crippen LogP contribution < -0.4 is 0 Å². The minimum atomic E-state index is -0.282. The predicted octanol–water partition coefficient (Wildman–Crippen LogP) is 4.20. The normalized spacial score (nSPS) is 15.5. The first-order valence-electron chi connectivity index (χ1n) is 7.74. The first-order valence-corrected chi connectivity index (χ1v) is 8.92. The molecule has 6 heteroatoms. The molecule has 1 aliphatic rings. The number of hydrogen-bond acceptors (Lipinski definition) is 2. The molecule has 0 unspecified atom stereocenters. The van der Waals surface area contributed by atoms with Gasteiger partial charge in [-0.15, -0.1) is 0 Å². The highest BCUT2D eigenvalue weighted by Gasteiger charge is 2.23. The van der Waals surface area contributed by atoms with Crippen LogP contribution >= 0.6 is 27.5 Å². The number of amides is 1. The van der Waals surface area contributed by atoms with E-state index in [9.17, 15) is 9.18 Å². The van der Waals surface area contributed by atoms with E-state index in [0.717, 1.165) is 4.47 Å². The van der Waals surface area contributed by atoms with Crippen LogP contribution in [0.1, 0.15) is 15.9 Å². The molecule has 0 saturated carbocycles. The molecule has 24 heavy (non-hydrogen) atoms. The zero-order valence-corrected chi connectivity index (χ0v) is 15.4. The van der Waals surface area contributed by atoms with Gasteiger partial charge < -0.3 is 4.90 Å². The van der Waals surface area contributed by atoms with Crippen molar-refractivity contribution < 1.29 is 9.18 Å². The maximum Gasteiger partial charge on any atom is 0.253 e. The number of halogens is 3. The summed E-state index contributed by atoms with van der Waals surface area (Å²) in [5.41, 5.74) is 1.20.